The maximum atomic E-state index is 10.4. The van der Waals surface area contributed by atoms with Gasteiger partial charge < -0.3 is 11.5 Å². The summed E-state index contributed by atoms with van der Waals surface area (Å²) in [4.78, 5) is 38.4. The van der Waals surface area contributed by atoms with Crippen LogP contribution in [0.2, 0.25) is 0 Å². The molecule has 0 spiro atoms. The molecule has 0 aliphatic rings. The van der Waals surface area contributed by atoms with E-state index in [0.717, 1.165) is 24.3 Å². The molecule has 0 saturated heterocycles. The van der Waals surface area contributed by atoms with E-state index >= 15 is 0 Å². The first kappa shape index (κ1) is 21.2. The summed E-state index contributed by atoms with van der Waals surface area (Å²) in [5.74, 6) is 0. The Hall–Kier alpha value is -3.88. The first-order valence-electron chi connectivity index (χ1n) is 6.52. The van der Waals surface area contributed by atoms with Crippen molar-refractivity contribution < 1.29 is 19.7 Å². The van der Waals surface area contributed by atoms with Gasteiger partial charge >= 0.3 is 0 Å². The summed E-state index contributed by atoms with van der Waals surface area (Å²) in [6.45, 7) is 0. The topological polar surface area (TPSA) is 225 Å². The molecule has 2 rings (SSSR count). The van der Waals surface area contributed by atoms with E-state index < -0.39 is 53.8 Å². The molecule has 0 atom stereocenters. The molecule has 0 amide bonds. The molecule has 2 aromatic carbocycles. The van der Waals surface area contributed by atoms with E-state index in [2.05, 4.69) is 15.9 Å². The Morgan fingerprint density at radius 2 is 0.963 bits per heavy atom. The minimum atomic E-state index is -0.771. The molecule has 142 valence electrons. The molecule has 2 aromatic rings. The van der Waals surface area contributed by atoms with Crippen LogP contribution in [0.5, 0.6) is 0 Å². The highest BCUT2D eigenvalue weighted by molar-refractivity contribution is 9.10. The zero-order chi connectivity index (χ0) is 20.9. The van der Waals surface area contributed by atoms with E-state index in [1.54, 1.807) is 0 Å². The lowest BCUT2D eigenvalue weighted by atomic mass is 10.2. The van der Waals surface area contributed by atoms with Gasteiger partial charge in [-0.15, -0.1) is 0 Å². The Kier molecular flexibility index (Phi) is 6.64. The molecule has 0 aliphatic heterocycles. The number of hydrogen-bond acceptors (Lipinski definition) is 10. The fourth-order valence-corrected chi connectivity index (χ4v) is 2.18. The van der Waals surface area contributed by atoms with Crippen molar-refractivity contribution in [2.24, 2.45) is 0 Å². The molecule has 27 heavy (non-hydrogen) atoms. The first-order chi connectivity index (χ1) is 12.5. The van der Waals surface area contributed by atoms with E-state index in [1.807, 2.05) is 0 Å². The molecule has 0 aliphatic carbocycles. The highest BCUT2D eigenvalue weighted by Gasteiger charge is 2.23. The summed E-state index contributed by atoms with van der Waals surface area (Å²) >= 11 is 2.92. The first-order valence-corrected chi connectivity index (χ1v) is 7.31. The molecular formula is C12H9BrN6O8. The molecule has 4 N–H and O–H groups in total. The van der Waals surface area contributed by atoms with Crippen molar-refractivity contribution in [3.8, 4) is 0 Å². The quantitative estimate of drug-likeness (QED) is 0.397. The van der Waals surface area contributed by atoms with Crippen molar-refractivity contribution in [3.05, 3.63) is 75.3 Å². The monoisotopic (exact) mass is 444 g/mol. The van der Waals surface area contributed by atoms with Crippen LogP contribution in [0.4, 0.5) is 34.1 Å². The normalized spacial score (nSPS) is 9.67. The fraction of sp³-hybridized carbons (Fsp3) is 0. The molecule has 0 bridgehead atoms. The van der Waals surface area contributed by atoms with Crippen LogP contribution < -0.4 is 11.5 Å². The van der Waals surface area contributed by atoms with Crippen LogP contribution in [0.25, 0.3) is 0 Å². The van der Waals surface area contributed by atoms with E-state index in [1.165, 1.54) is 6.07 Å². The second-order valence-electron chi connectivity index (χ2n) is 4.60. The van der Waals surface area contributed by atoms with Gasteiger partial charge in [0, 0.05) is 28.7 Å². The van der Waals surface area contributed by atoms with Crippen molar-refractivity contribution in [1.82, 2.24) is 0 Å². The highest BCUT2D eigenvalue weighted by atomic mass is 79.9. The molecule has 14 nitrogen and oxygen atoms in total. The summed E-state index contributed by atoms with van der Waals surface area (Å²) < 4.78 is 0.241. The Bertz CT molecular complexity index is 882. The lowest BCUT2D eigenvalue weighted by Gasteiger charge is -1.99. The van der Waals surface area contributed by atoms with E-state index in [0.29, 0.717) is 0 Å². The number of nitrogens with two attached hydrogens (primary N) is 2. The molecule has 0 fully saturated rings. The average molecular weight is 445 g/mol. The Morgan fingerprint density at radius 3 is 1.26 bits per heavy atom. The largest absolute Gasteiger partial charge is 0.388 e. The van der Waals surface area contributed by atoms with Gasteiger partial charge in [-0.3, -0.25) is 40.5 Å². The Morgan fingerprint density at radius 1 is 0.667 bits per heavy atom. The number of nitrogens with zero attached hydrogens (tertiary/aromatic N) is 4. The van der Waals surface area contributed by atoms with Crippen LogP contribution in [0, 0.1) is 40.5 Å². The maximum Gasteiger partial charge on any atom is 0.300 e. The van der Waals surface area contributed by atoms with Crippen LogP contribution >= 0.6 is 15.9 Å². The number of halogens is 1. The number of rotatable bonds is 4. The maximum absolute atomic E-state index is 10.4. The van der Waals surface area contributed by atoms with Gasteiger partial charge in [0.1, 0.15) is 0 Å². The van der Waals surface area contributed by atoms with Crippen LogP contribution in [-0.4, -0.2) is 19.7 Å². The van der Waals surface area contributed by atoms with Gasteiger partial charge in [-0.05, 0) is 6.07 Å². The summed E-state index contributed by atoms with van der Waals surface area (Å²) in [7, 11) is 0. The van der Waals surface area contributed by atoms with Gasteiger partial charge in [-0.25, -0.2) is 0 Å². The van der Waals surface area contributed by atoms with Crippen LogP contribution in [0.3, 0.4) is 0 Å². The third-order valence-corrected chi connectivity index (χ3v) is 3.41. The number of nitro benzene ring substituents is 4. The summed E-state index contributed by atoms with van der Waals surface area (Å²) in [5.41, 5.74) is 7.73. The molecule has 0 heterocycles. The van der Waals surface area contributed by atoms with Crippen molar-refractivity contribution in [2.75, 3.05) is 11.5 Å². The van der Waals surface area contributed by atoms with E-state index in [9.17, 15) is 40.5 Å². The molecule has 0 aromatic heterocycles. The average Bonchev–Trinajstić information content (AvgIpc) is 2.56. The minimum Gasteiger partial charge on any atom is -0.388 e. The second-order valence-corrected chi connectivity index (χ2v) is 5.51. The summed E-state index contributed by atoms with van der Waals surface area (Å²) in [6, 6.07) is 5.67. The minimum absolute atomic E-state index is 0.241. The number of para-hydroxylation sites is 1. The smallest absolute Gasteiger partial charge is 0.300 e. The van der Waals surface area contributed by atoms with Crippen LogP contribution in [0.15, 0.2) is 34.8 Å². The third kappa shape index (κ3) is 5.05. The lowest BCUT2D eigenvalue weighted by molar-refractivity contribution is -0.392. The third-order valence-electron chi connectivity index (χ3n) is 2.95. The van der Waals surface area contributed by atoms with Gasteiger partial charge in [-0.1, -0.05) is 15.9 Å². The highest BCUT2D eigenvalue weighted by Crippen LogP contribution is 2.34. The zero-order valence-corrected chi connectivity index (χ0v) is 14.6. The fourth-order valence-electron chi connectivity index (χ4n) is 1.75. The standard InChI is InChI=1S/C6H4BrN3O4.C6H5N3O4/c7-3-1-4(9(11)12)6(8)5(2-3)10(13)14;7-6-4(8(10)11)2-1-3-5(6)9(12)13/h1-2H,8H2;1-3H,7H2. The van der Waals surface area contributed by atoms with Crippen molar-refractivity contribution in [3.63, 3.8) is 0 Å². The predicted octanol–water partition coefficient (Wildman–Crippen LogP) is 2.93. The van der Waals surface area contributed by atoms with Crippen molar-refractivity contribution in [1.29, 1.82) is 0 Å². The van der Waals surface area contributed by atoms with Crippen molar-refractivity contribution >= 4 is 50.1 Å². The summed E-state index contributed by atoms with van der Waals surface area (Å²) in [6.07, 6.45) is 0. The van der Waals surface area contributed by atoms with Gasteiger partial charge in [-0.2, -0.15) is 0 Å². The molecule has 0 unspecified atom stereocenters. The van der Waals surface area contributed by atoms with Crippen molar-refractivity contribution in [2.45, 2.75) is 0 Å². The van der Waals surface area contributed by atoms with Crippen LogP contribution in [-0.2, 0) is 0 Å². The Labute approximate surface area is 157 Å². The zero-order valence-electron chi connectivity index (χ0n) is 13.0. The van der Waals surface area contributed by atoms with Gasteiger partial charge in [0.2, 0.25) is 0 Å². The van der Waals surface area contributed by atoms with E-state index in [-0.39, 0.29) is 4.47 Å². The molecule has 0 radical (unpaired) electrons. The molecular weight excluding hydrogens is 436 g/mol. The van der Waals surface area contributed by atoms with Gasteiger partial charge in [0.15, 0.2) is 11.4 Å². The number of nitrogen functional groups attached to an aromatic ring is 2. The number of hydrogen-bond donors (Lipinski definition) is 2. The predicted molar refractivity (Wildman–Crippen MR) is 96.0 cm³/mol. The van der Waals surface area contributed by atoms with Gasteiger partial charge in [0.05, 0.1) is 19.7 Å². The second kappa shape index (κ2) is 8.48. The Balaban J connectivity index is 0.000000271. The molecule has 15 heteroatoms. The number of anilines is 2. The van der Waals surface area contributed by atoms with Gasteiger partial charge in [0.25, 0.3) is 22.7 Å². The number of benzene rings is 2. The number of nitro groups is 4. The summed E-state index contributed by atoms with van der Waals surface area (Å²) in [5, 5.41) is 41.5. The van der Waals surface area contributed by atoms with E-state index in [4.69, 9.17) is 11.5 Å². The lowest BCUT2D eigenvalue weighted by Crippen LogP contribution is -2.00. The van der Waals surface area contributed by atoms with Crippen LogP contribution in [0.1, 0.15) is 0 Å². The SMILES string of the molecule is Nc1c([N+](=O)[O-])cc(Br)cc1[N+](=O)[O-].Nc1c([N+](=O)[O-])cccc1[N+](=O)[O-]. The molecule has 0 saturated carbocycles.